The molecule has 100 valence electrons. The van der Waals surface area contributed by atoms with Gasteiger partial charge in [-0.1, -0.05) is 6.42 Å². The van der Waals surface area contributed by atoms with Crippen LogP contribution in [0.2, 0.25) is 0 Å². The molecule has 0 saturated heterocycles. The Kier molecular flexibility index (Phi) is 4.35. The molecule has 1 aliphatic rings. The van der Waals surface area contributed by atoms with Crippen molar-refractivity contribution in [3.05, 3.63) is 16.1 Å². The Morgan fingerprint density at radius 3 is 2.94 bits per heavy atom. The molecule has 2 unspecified atom stereocenters. The van der Waals surface area contributed by atoms with Crippen LogP contribution in [-0.2, 0) is 0 Å². The van der Waals surface area contributed by atoms with E-state index in [1.54, 1.807) is 6.20 Å². The SMILES string of the molecule is CCN(C(=O)c1cnc(C)s1)C1CCCC1CN. The number of hydrogen-bond donors (Lipinski definition) is 1. The smallest absolute Gasteiger partial charge is 0.265 e. The van der Waals surface area contributed by atoms with Gasteiger partial charge in [0.15, 0.2) is 0 Å². The maximum atomic E-state index is 12.5. The first kappa shape index (κ1) is 13.5. The van der Waals surface area contributed by atoms with E-state index in [0.717, 1.165) is 29.3 Å². The number of carbonyl (C=O) groups is 1. The van der Waals surface area contributed by atoms with E-state index in [2.05, 4.69) is 4.98 Å². The summed E-state index contributed by atoms with van der Waals surface area (Å²) in [4.78, 5) is 19.4. The fraction of sp³-hybridized carbons (Fsp3) is 0.692. The normalized spacial score (nSPS) is 23.3. The van der Waals surface area contributed by atoms with Crippen LogP contribution in [0.25, 0.3) is 0 Å². The lowest BCUT2D eigenvalue weighted by Gasteiger charge is -2.31. The number of amides is 1. The third kappa shape index (κ3) is 2.57. The predicted octanol–water partition coefficient (Wildman–Crippen LogP) is 2.04. The van der Waals surface area contributed by atoms with Crippen molar-refractivity contribution in [2.24, 2.45) is 11.7 Å². The highest BCUT2D eigenvalue weighted by Gasteiger charge is 2.33. The van der Waals surface area contributed by atoms with Gasteiger partial charge in [0.25, 0.3) is 5.91 Å². The Balaban J connectivity index is 2.15. The zero-order valence-corrected chi connectivity index (χ0v) is 11.9. The molecule has 1 aliphatic carbocycles. The van der Waals surface area contributed by atoms with Crippen LogP contribution in [-0.4, -0.2) is 34.9 Å². The van der Waals surface area contributed by atoms with Crippen LogP contribution in [0.4, 0.5) is 0 Å². The van der Waals surface area contributed by atoms with Gasteiger partial charge in [-0.25, -0.2) is 4.98 Å². The van der Waals surface area contributed by atoms with E-state index in [0.29, 0.717) is 18.5 Å². The minimum Gasteiger partial charge on any atom is -0.335 e. The minimum atomic E-state index is 0.119. The monoisotopic (exact) mass is 267 g/mol. The zero-order valence-electron chi connectivity index (χ0n) is 11.1. The second-order valence-electron chi connectivity index (χ2n) is 4.83. The van der Waals surface area contributed by atoms with Crippen LogP contribution in [0, 0.1) is 12.8 Å². The molecule has 1 heterocycles. The molecule has 4 nitrogen and oxygen atoms in total. The second kappa shape index (κ2) is 5.80. The summed E-state index contributed by atoms with van der Waals surface area (Å²) in [7, 11) is 0. The zero-order chi connectivity index (χ0) is 13.1. The summed E-state index contributed by atoms with van der Waals surface area (Å²) in [5, 5.41) is 0.941. The average molecular weight is 267 g/mol. The van der Waals surface area contributed by atoms with Crippen molar-refractivity contribution < 1.29 is 4.79 Å². The van der Waals surface area contributed by atoms with Gasteiger partial charge in [-0.2, -0.15) is 0 Å². The Hall–Kier alpha value is -0.940. The summed E-state index contributed by atoms with van der Waals surface area (Å²) in [6.07, 6.45) is 5.10. The topological polar surface area (TPSA) is 59.2 Å². The molecular formula is C13H21N3OS. The van der Waals surface area contributed by atoms with Crippen molar-refractivity contribution in [1.82, 2.24) is 9.88 Å². The summed E-state index contributed by atoms with van der Waals surface area (Å²) in [6.45, 7) is 5.39. The molecule has 2 atom stereocenters. The van der Waals surface area contributed by atoms with Gasteiger partial charge in [-0.05, 0) is 39.2 Å². The lowest BCUT2D eigenvalue weighted by Crippen LogP contribution is -2.43. The van der Waals surface area contributed by atoms with Gasteiger partial charge in [0.2, 0.25) is 0 Å². The number of aryl methyl sites for hydroxylation is 1. The van der Waals surface area contributed by atoms with Crippen LogP contribution in [0.3, 0.4) is 0 Å². The van der Waals surface area contributed by atoms with Gasteiger partial charge < -0.3 is 10.6 Å². The molecular weight excluding hydrogens is 246 g/mol. The van der Waals surface area contributed by atoms with Crippen LogP contribution in [0.5, 0.6) is 0 Å². The molecule has 1 fully saturated rings. The highest BCUT2D eigenvalue weighted by atomic mass is 32.1. The van der Waals surface area contributed by atoms with Crippen LogP contribution in [0.15, 0.2) is 6.20 Å². The quantitative estimate of drug-likeness (QED) is 0.908. The fourth-order valence-corrected chi connectivity index (χ4v) is 3.57. The molecule has 18 heavy (non-hydrogen) atoms. The van der Waals surface area contributed by atoms with E-state index < -0.39 is 0 Å². The first-order valence-electron chi connectivity index (χ1n) is 6.60. The molecule has 0 bridgehead atoms. The van der Waals surface area contributed by atoms with Gasteiger partial charge >= 0.3 is 0 Å². The van der Waals surface area contributed by atoms with E-state index in [4.69, 9.17) is 5.73 Å². The number of nitrogens with two attached hydrogens (primary N) is 1. The van der Waals surface area contributed by atoms with E-state index >= 15 is 0 Å². The second-order valence-corrected chi connectivity index (χ2v) is 6.06. The number of rotatable bonds is 4. The van der Waals surface area contributed by atoms with Crippen molar-refractivity contribution in [3.63, 3.8) is 0 Å². The third-order valence-electron chi connectivity index (χ3n) is 3.76. The molecule has 1 amide bonds. The van der Waals surface area contributed by atoms with Crippen molar-refractivity contribution in [2.45, 2.75) is 39.2 Å². The largest absolute Gasteiger partial charge is 0.335 e. The lowest BCUT2D eigenvalue weighted by molar-refractivity contribution is 0.0657. The van der Waals surface area contributed by atoms with E-state index in [1.165, 1.54) is 17.8 Å². The van der Waals surface area contributed by atoms with Crippen molar-refractivity contribution >= 4 is 17.2 Å². The molecule has 1 aromatic rings. The van der Waals surface area contributed by atoms with Crippen LogP contribution in [0.1, 0.15) is 40.9 Å². The number of aromatic nitrogens is 1. The van der Waals surface area contributed by atoms with Crippen molar-refractivity contribution in [2.75, 3.05) is 13.1 Å². The highest BCUT2D eigenvalue weighted by molar-refractivity contribution is 7.13. The summed E-state index contributed by atoms with van der Waals surface area (Å²) in [5.41, 5.74) is 5.81. The average Bonchev–Trinajstić information content (AvgIpc) is 2.98. The summed E-state index contributed by atoms with van der Waals surface area (Å²) < 4.78 is 0. The Morgan fingerprint density at radius 1 is 1.61 bits per heavy atom. The molecule has 0 aliphatic heterocycles. The number of carbonyl (C=O) groups excluding carboxylic acids is 1. The molecule has 2 N–H and O–H groups in total. The third-order valence-corrected chi connectivity index (χ3v) is 4.66. The first-order chi connectivity index (χ1) is 8.67. The lowest BCUT2D eigenvalue weighted by atomic mass is 10.0. The predicted molar refractivity (Wildman–Crippen MR) is 73.7 cm³/mol. The minimum absolute atomic E-state index is 0.119. The van der Waals surface area contributed by atoms with Crippen LogP contribution < -0.4 is 5.73 Å². The summed E-state index contributed by atoms with van der Waals surface area (Å²) in [6, 6.07) is 0.315. The molecule has 0 aromatic carbocycles. The van der Waals surface area contributed by atoms with Gasteiger partial charge in [-0.15, -0.1) is 11.3 Å². The standard InChI is InChI=1S/C13H21N3OS/c1-3-16(11-6-4-5-10(11)7-14)13(17)12-8-15-9(2)18-12/h8,10-11H,3-7,14H2,1-2H3. The molecule has 0 spiro atoms. The Labute approximate surface area is 112 Å². The molecule has 1 aromatic heterocycles. The number of nitrogens with zero attached hydrogens (tertiary/aromatic N) is 2. The molecule has 5 heteroatoms. The van der Waals surface area contributed by atoms with E-state index in [1.807, 2.05) is 18.7 Å². The van der Waals surface area contributed by atoms with Gasteiger partial charge in [-0.3, -0.25) is 4.79 Å². The highest BCUT2D eigenvalue weighted by Crippen LogP contribution is 2.30. The first-order valence-corrected chi connectivity index (χ1v) is 7.42. The molecule has 0 radical (unpaired) electrons. The number of hydrogen-bond acceptors (Lipinski definition) is 4. The van der Waals surface area contributed by atoms with Crippen molar-refractivity contribution in [1.29, 1.82) is 0 Å². The van der Waals surface area contributed by atoms with E-state index in [9.17, 15) is 4.79 Å². The maximum absolute atomic E-state index is 12.5. The molecule has 1 saturated carbocycles. The van der Waals surface area contributed by atoms with E-state index in [-0.39, 0.29) is 5.91 Å². The maximum Gasteiger partial charge on any atom is 0.265 e. The van der Waals surface area contributed by atoms with Gasteiger partial charge in [0.1, 0.15) is 4.88 Å². The number of thiazole rings is 1. The summed E-state index contributed by atoms with van der Waals surface area (Å²) >= 11 is 1.47. The molecule has 2 rings (SSSR count). The fourth-order valence-electron chi connectivity index (χ4n) is 2.83. The van der Waals surface area contributed by atoms with Crippen LogP contribution >= 0.6 is 11.3 Å². The van der Waals surface area contributed by atoms with Crippen molar-refractivity contribution in [3.8, 4) is 0 Å². The van der Waals surface area contributed by atoms with Gasteiger partial charge in [0, 0.05) is 12.6 Å². The summed E-state index contributed by atoms with van der Waals surface area (Å²) in [5.74, 6) is 0.580. The van der Waals surface area contributed by atoms with Gasteiger partial charge in [0.05, 0.1) is 11.2 Å². The Bertz CT molecular complexity index is 418. The Morgan fingerprint density at radius 2 is 2.39 bits per heavy atom.